The van der Waals surface area contributed by atoms with Crippen molar-refractivity contribution in [3.8, 4) is 0 Å². The van der Waals surface area contributed by atoms with Crippen LogP contribution in [0.3, 0.4) is 0 Å². The van der Waals surface area contributed by atoms with Gasteiger partial charge in [-0.05, 0) is 42.5 Å². The summed E-state index contributed by atoms with van der Waals surface area (Å²) in [6, 6.07) is 11.5. The lowest BCUT2D eigenvalue weighted by Gasteiger charge is -2.24. The number of carbonyl (C=O) groups excluding carboxylic acids is 2. The summed E-state index contributed by atoms with van der Waals surface area (Å²) >= 11 is 1.54. The molecule has 8 nitrogen and oxygen atoms in total. The number of alkyl halides is 3. The second kappa shape index (κ2) is 10.7. The van der Waals surface area contributed by atoms with Crippen molar-refractivity contribution in [2.75, 3.05) is 25.2 Å². The van der Waals surface area contributed by atoms with Crippen LogP contribution in [0, 0.1) is 0 Å². The summed E-state index contributed by atoms with van der Waals surface area (Å²) in [6.07, 6.45) is -0.758. The first-order valence-corrected chi connectivity index (χ1v) is 12.3. The van der Waals surface area contributed by atoms with Crippen LogP contribution in [0.25, 0.3) is 0 Å². The van der Waals surface area contributed by atoms with Crippen LogP contribution in [-0.4, -0.2) is 57.7 Å². The fraction of sp³-hybridized carbons (Fsp3) is 0.333. The summed E-state index contributed by atoms with van der Waals surface area (Å²) in [5.41, 5.74) is 0.345. The maximum absolute atomic E-state index is 13.3. The monoisotopic (exact) mass is 519 g/mol. The highest BCUT2D eigenvalue weighted by molar-refractivity contribution is 7.98. The van der Waals surface area contributed by atoms with E-state index in [4.69, 9.17) is 0 Å². The number of thioether (sulfide) groups is 1. The minimum absolute atomic E-state index is 0.0312. The van der Waals surface area contributed by atoms with Crippen LogP contribution in [0.4, 0.5) is 18.9 Å². The van der Waals surface area contributed by atoms with Gasteiger partial charge in [0, 0.05) is 23.7 Å². The molecule has 2 atom stereocenters. The van der Waals surface area contributed by atoms with Crippen molar-refractivity contribution in [2.24, 2.45) is 0 Å². The number of benzene rings is 2. The van der Waals surface area contributed by atoms with E-state index in [1.54, 1.807) is 23.9 Å². The number of aromatic nitrogens is 3. The highest BCUT2D eigenvalue weighted by Crippen LogP contribution is 2.32. The first-order chi connectivity index (χ1) is 17.2. The van der Waals surface area contributed by atoms with Crippen LogP contribution < -0.4 is 5.32 Å². The van der Waals surface area contributed by atoms with Gasteiger partial charge in [0.15, 0.2) is 5.69 Å². The van der Waals surface area contributed by atoms with Gasteiger partial charge in [0.2, 0.25) is 5.91 Å². The molecule has 12 heteroatoms. The molecular weight excluding hydrogens is 495 g/mol. The lowest BCUT2D eigenvalue weighted by molar-refractivity contribution is -0.137. The number of hydrogen-bond donors (Lipinski definition) is 1. The quantitative estimate of drug-likeness (QED) is 0.369. The zero-order valence-corrected chi connectivity index (χ0v) is 20.3. The number of halogens is 3. The predicted molar refractivity (Wildman–Crippen MR) is 128 cm³/mol. The largest absolute Gasteiger partial charge is 0.464 e. The second-order valence-corrected chi connectivity index (χ2v) is 9.21. The highest BCUT2D eigenvalue weighted by atomic mass is 32.2. The lowest BCUT2D eigenvalue weighted by atomic mass is 10.1. The number of anilines is 1. The van der Waals surface area contributed by atoms with Crippen molar-refractivity contribution >= 4 is 29.3 Å². The molecule has 0 saturated carbocycles. The van der Waals surface area contributed by atoms with Crippen molar-refractivity contribution in [3.63, 3.8) is 0 Å². The first kappa shape index (κ1) is 25.7. The molecule has 3 aromatic rings. The van der Waals surface area contributed by atoms with E-state index in [0.29, 0.717) is 24.2 Å². The molecule has 1 aliphatic heterocycles. The van der Waals surface area contributed by atoms with Crippen LogP contribution >= 0.6 is 11.8 Å². The Bertz CT molecular complexity index is 1250. The molecule has 4 rings (SSSR count). The Morgan fingerprint density at radius 1 is 1.19 bits per heavy atom. The van der Waals surface area contributed by atoms with Gasteiger partial charge in [-0.25, -0.2) is 9.48 Å². The van der Waals surface area contributed by atoms with Gasteiger partial charge in [-0.1, -0.05) is 29.5 Å². The Hall–Kier alpha value is -3.38. The normalized spacial score (nSPS) is 18.2. The van der Waals surface area contributed by atoms with Gasteiger partial charge in [-0.15, -0.1) is 16.9 Å². The van der Waals surface area contributed by atoms with Crippen molar-refractivity contribution in [3.05, 3.63) is 71.5 Å². The zero-order valence-electron chi connectivity index (χ0n) is 19.5. The molecule has 0 bridgehead atoms. The number of ether oxygens (including phenoxy) is 1. The van der Waals surface area contributed by atoms with E-state index in [2.05, 4.69) is 20.4 Å². The van der Waals surface area contributed by atoms with Crippen molar-refractivity contribution in [2.45, 2.75) is 36.1 Å². The third-order valence-corrected chi connectivity index (χ3v) is 6.67. The standard InChI is InChI=1S/C24H24F3N5O3S/c1-35-23(34)20-14-32(30-29-20)18-11-21(22(33)28-17-7-4-8-19(10-17)36-2)31(13-18)12-15-5-3-6-16(9-15)24(25,26)27/h3-10,14,18,21H,11-13H2,1-2H3,(H,28,33)/t18-,21-/m0/s1. The second-order valence-electron chi connectivity index (χ2n) is 8.33. The average Bonchev–Trinajstić information content (AvgIpc) is 3.51. The maximum atomic E-state index is 13.3. The predicted octanol–water partition coefficient (Wildman–Crippen LogP) is 4.26. The third kappa shape index (κ3) is 5.88. The third-order valence-electron chi connectivity index (χ3n) is 5.94. The Balaban J connectivity index is 1.58. The van der Waals surface area contributed by atoms with E-state index >= 15 is 0 Å². The summed E-state index contributed by atoms with van der Waals surface area (Å²) in [6.45, 7) is 0.449. The molecule has 1 N–H and O–H groups in total. The van der Waals surface area contributed by atoms with Gasteiger partial charge in [0.05, 0.1) is 31.0 Å². The van der Waals surface area contributed by atoms with Gasteiger partial charge in [0.1, 0.15) is 0 Å². The van der Waals surface area contributed by atoms with Gasteiger partial charge < -0.3 is 10.1 Å². The fourth-order valence-corrected chi connectivity index (χ4v) is 4.64. The molecule has 1 aromatic heterocycles. The Morgan fingerprint density at radius 2 is 1.97 bits per heavy atom. The number of nitrogens with zero attached hydrogens (tertiary/aromatic N) is 4. The number of nitrogens with one attached hydrogen (secondary N) is 1. The maximum Gasteiger partial charge on any atom is 0.416 e. The zero-order chi connectivity index (χ0) is 25.9. The summed E-state index contributed by atoms with van der Waals surface area (Å²) in [5.74, 6) is -0.918. The van der Waals surface area contributed by atoms with E-state index in [1.807, 2.05) is 29.4 Å². The summed E-state index contributed by atoms with van der Waals surface area (Å²) in [5, 5.41) is 10.8. The molecule has 2 heterocycles. The van der Waals surface area contributed by atoms with E-state index in [1.165, 1.54) is 24.1 Å². The molecule has 1 aliphatic rings. The Labute approximate surface area is 209 Å². The fourth-order valence-electron chi connectivity index (χ4n) is 4.18. The molecule has 1 saturated heterocycles. The number of esters is 1. The van der Waals surface area contributed by atoms with Crippen molar-refractivity contribution in [1.82, 2.24) is 19.9 Å². The van der Waals surface area contributed by atoms with Gasteiger partial charge in [-0.2, -0.15) is 13.2 Å². The summed E-state index contributed by atoms with van der Waals surface area (Å²) in [7, 11) is 1.24. The molecule has 1 fully saturated rings. The van der Waals surface area contributed by atoms with Gasteiger partial charge in [-0.3, -0.25) is 9.69 Å². The number of amides is 1. The SMILES string of the molecule is COC(=O)c1cn([C@H]2C[C@@H](C(=O)Nc3cccc(SC)c3)N(Cc3cccc(C(F)(F)F)c3)C2)nn1. The Morgan fingerprint density at radius 3 is 2.69 bits per heavy atom. The molecule has 0 aliphatic carbocycles. The van der Waals surface area contributed by atoms with E-state index in [0.717, 1.165) is 17.0 Å². The molecule has 0 spiro atoms. The molecule has 2 aromatic carbocycles. The van der Waals surface area contributed by atoms with Crippen LogP contribution in [0.2, 0.25) is 0 Å². The highest BCUT2D eigenvalue weighted by Gasteiger charge is 2.39. The van der Waals surface area contributed by atoms with Crippen molar-refractivity contribution < 1.29 is 27.5 Å². The van der Waals surface area contributed by atoms with E-state index < -0.39 is 23.8 Å². The molecule has 0 radical (unpaired) electrons. The smallest absolute Gasteiger partial charge is 0.416 e. The molecular formula is C24H24F3N5O3S. The topological polar surface area (TPSA) is 89.4 Å². The van der Waals surface area contributed by atoms with Crippen LogP contribution in [0.5, 0.6) is 0 Å². The van der Waals surface area contributed by atoms with Crippen LogP contribution in [0.15, 0.2) is 59.6 Å². The van der Waals surface area contributed by atoms with E-state index in [-0.39, 0.29) is 24.2 Å². The number of methoxy groups -OCH3 is 1. The molecule has 190 valence electrons. The molecule has 1 amide bonds. The minimum atomic E-state index is -4.46. The minimum Gasteiger partial charge on any atom is -0.464 e. The summed E-state index contributed by atoms with van der Waals surface area (Å²) < 4.78 is 45.9. The summed E-state index contributed by atoms with van der Waals surface area (Å²) in [4.78, 5) is 27.9. The molecule has 0 unspecified atom stereocenters. The number of rotatable bonds is 7. The van der Waals surface area contributed by atoms with Crippen LogP contribution in [0.1, 0.15) is 34.1 Å². The molecule has 36 heavy (non-hydrogen) atoms. The number of hydrogen-bond acceptors (Lipinski definition) is 7. The van der Waals surface area contributed by atoms with Gasteiger partial charge in [0.25, 0.3) is 0 Å². The van der Waals surface area contributed by atoms with E-state index in [9.17, 15) is 22.8 Å². The average molecular weight is 520 g/mol. The van der Waals surface area contributed by atoms with Crippen molar-refractivity contribution in [1.29, 1.82) is 0 Å². The van der Waals surface area contributed by atoms with Gasteiger partial charge >= 0.3 is 12.1 Å². The number of likely N-dealkylation sites (tertiary alicyclic amines) is 1. The number of carbonyl (C=O) groups is 2. The Kier molecular flexibility index (Phi) is 7.65. The first-order valence-electron chi connectivity index (χ1n) is 11.0. The van der Waals surface area contributed by atoms with Crippen LogP contribution in [-0.2, 0) is 22.3 Å². The lowest BCUT2D eigenvalue weighted by Crippen LogP contribution is -2.39.